The van der Waals surface area contributed by atoms with E-state index in [4.69, 9.17) is 0 Å². The number of nitrogens with zero attached hydrogens (tertiary/aromatic N) is 3. The van der Waals surface area contributed by atoms with Gasteiger partial charge in [-0.25, -0.2) is 9.98 Å². The van der Waals surface area contributed by atoms with E-state index < -0.39 is 0 Å². The molecule has 0 amide bonds. The van der Waals surface area contributed by atoms with E-state index in [0.717, 1.165) is 17.0 Å². The van der Waals surface area contributed by atoms with E-state index in [9.17, 15) is 0 Å². The number of imidazole rings is 1. The summed E-state index contributed by atoms with van der Waals surface area (Å²) in [5.74, 6) is 0.837. The Kier molecular flexibility index (Phi) is 2.43. The van der Waals surface area contributed by atoms with Crippen molar-refractivity contribution in [3.05, 3.63) is 66.5 Å². The van der Waals surface area contributed by atoms with Crippen LogP contribution in [0.1, 0.15) is 5.56 Å². The maximum Gasteiger partial charge on any atom is 0.156 e. The van der Waals surface area contributed by atoms with E-state index in [1.807, 2.05) is 65.3 Å². The van der Waals surface area contributed by atoms with Crippen molar-refractivity contribution in [1.82, 2.24) is 9.38 Å². The molecule has 0 fully saturated rings. The summed E-state index contributed by atoms with van der Waals surface area (Å²) in [6.45, 7) is 0. The zero-order valence-corrected chi connectivity index (χ0v) is 9.19. The number of hydrogen-bond acceptors (Lipinski definition) is 2. The first-order valence-corrected chi connectivity index (χ1v) is 5.45. The molecule has 0 atom stereocenters. The second-order valence-corrected chi connectivity index (χ2v) is 3.71. The monoisotopic (exact) mass is 221 g/mol. The van der Waals surface area contributed by atoms with Crippen molar-refractivity contribution in [3.63, 3.8) is 0 Å². The molecule has 3 heteroatoms. The molecule has 3 rings (SSSR count). The maximum absolute atomic E-state index is 4.44. The van der Waals surface area contributed by atoms with Gasteiger partial charge in [0, 0.05) is 12.4 Å². The van der Waals surface area contributed by atoms with E-state index in [2.05, 4.69) is 9.98 Å². The molecule has 0 aliphatic rings. The van der Waals surface area contributed by atoms with Crippen LogP contribution in [0.4, 0.5) is 5.82 Å². The van der Waals surface area contributed by atoms with Crippen LogP contribution in [0.25, 0.3) is 5.65 Å². The molecule has 0 radical (unpaired) electrons. The first-order chi connectivity index (χ1) is 8.43. The molecule has 82 valence electrons. The molecule has 0 aliphatic carbocycles. The van der Waals surface area contributed by atoms with Crippen molar-refractivity contribution in [2.24, 2.45) is 4.99 Å². The molecule has 3 aromatic rings. The highest BCUT2D eigenvalue weighted by Crippen LogP contribution is 2.14. The van der Waals surface area contributed by atoms with Crippen LogP contribution in [-0.4, -0.2) is 15.6 Å². The minimum absolute atomic E-state index is 0.837. The molecule has 0 N–H and O–H groups in total. The fourth-order valence-electron chi connectivity index (χ4n) is 1.69. The SMILES string of the molecule is C(=Nc1cnc2ccccn12)c1ccccc1. The van der Waals surface area contributed by atoms with Crippen molar-refractivity contribution in [3.8, 4) is 0 Å². The standard InChI is InChI=1S/C14H11N3/c1-2-6-12(7-3-1)10-15-14-11-16-13-8-4-5-9-17(13)14/h1-11H. The molecule has 0 saturated carbocycles. The van der Waals surface area contributed by atoms with Gasteiger partial charge in [0.15, 0.2) is 5.82 Å². The van der Waals surface area contributed by atoms with Crippen LogP contribution >= 0.6 is 0 Å². The molecule has 0 spiro atoms. The number of benzene rings is 1. The van der Waals surface area contributed by atoms with Gasteiger partial charge in [0.25, 0.3) is 0 Å². The molecule has 0 saturated heterocycles. The lowest BCUT2D eigenvalue weighted by Gasteiger charge is -1.95. The highest BCUT2D eigenvalue weighted by molar-refractivity contribution is 5.81. The minimum atomic E-state index is 0.837. The lowest BCUT2D eigenvalue weighted by atomic mass is 10.2. The van der Waals surface area contributed by atoms with Gasteiger partial charge in [-0.05, 0) is 17.7 Å². The van der Waals surface area contributed by atoms with Crippen LogP contribution in [0, 0.1) is 0 Å². The van der Waals surface area contributed by atoms with Gasteiger partial charge in [-0.3, -0.25) is 4.40 Å². The fourth-order valence-corrected chi connectivity index (χ4v) is 1.69. The van der Waals surface area contributed by atoms with Crippen molar-refractivity contribution in [1.29, 1.82) is 0 Å². The van der Waals surface area contributed by atoms with Gasteiger partial charge in [0.1, 0.15) is 5.65 Å². The Balaban J connectivity index is 1.98. The van der Waals surface area contributed by atoms with Gasteiger partial charge in [-0.15, -0.1) is 0 Å². The minimum Gasteiger partial charge on any atom is -0.285 e. The number of fused-ring (bicyclic) bond motifs is 1. The Morgan fingerprint density at radius 2 is 1.82 bits per heavy atom. The highest BCUT2D eigenvalue weighted by atomic mass is 15.1. The number of aromatic nitrogens is 2. The average molecular weight is 221 g/mol. The van der Waals surface area contributed by atoms with Crippen LogP contribution < -0.4 is 0 Å². The summed E-state index contributed by atoms with van der Waals surface area (Å²) in [6, 6.07) is 15.9. The van der Waals surface area contributed by atoms with Crippen LogP contribution in [0.15, 0.2) is 65.9 Å². The summed E-state index contributed by atoms with van der Waals surface area (Å²) in [5, 5.41) is 0. The Morgan fingerprint density at radius 1 is 1.00 bits per heavy atom. The summed E-state index contributed by atoms with van der Waals surface area (Å²) in [7, 11) is 0. The second-order valence-electron chi connectivity index (χ2n) is 3.71. The zero-order valence-electron chi connectivity index (χ0n) is 9.19. The van der Waals surface area contributed by atoms with Crippen molar-refractivity contribution in [2.75, 3.05) is 0 Å². The number of hydrogen-bond donors (Lipinski definition) is 0. The summed E-state index contributed by atoms with van der Waals surface area (Å²) in [6.07, 6.45) is 5.57. The van der Waals surface area contributed by atoms with Crippen molar-refractivity contribution >= 4 is 17.7 Å². The van der Waals surface area contributed by atoms with Gasteiger partial charge in [0.2, 0.25) is 0 Å². The van der Waals surface area contributed by atoms with Crippen LogP contribution in [0.3, 0.4) is 0 Å². The summed E-state index contributed by atoms with van der Waals surface area (Å²) in [5.41, 5.74) is 1.99. The fraction of sp³-hybridized carbons (Fsp3) is 0. The zero-order chi connectivity index (χ0) is 11.5. The predicted molar refractivity (Wildman–Crippen MR) is 68.9 cm³/mol. The van der Waals surface area contributed by atoms with Gasteiger partial charge in [0.05, 0.1) is 6.20 Å². The summed E-state index contributed by atoms with van der Waals surface area (Å²) in [4.78, 5) is 8.72. The Labute approximate surface area is 99.1 Å². The molecule has 0 bridgehead atoms. The second kappa shape index (κ2) is 4.22. The summed E-state index contributed by atoms with van der Waals surface area (Å²) < 4.78 is 1.96. The van der Waals surface area contributed by atoms with Crippen LogP contribution in [0.5, 0.6) is 0 Å². The third-order valence-corrected chi connectivity index (χ3v) is 2.54. The van der Waals surface area contributed by atoms with Gasteiger partial charge < -0.3 is 0 Å². The van der Waals surface area contributed by atoms with Crippen LogP contribution in [-0.2, 0) is 0 Å². The third kappa shape index (κ3) is 1.95. The Hall–Kier alpha value is -2.42. The topological polar surface area (TPSA) is 29.7 Å². The highest BCUT2D eigenvalue weighted by Gasteiger charge is 1.98. The number of pyridine rings is 1. The maximum atomic E-state index is 4.44. The Bertz CT molecular complexity index is 653. The quantitative estimate of drug-likeness (QED) is 0.611. The lowest BCUT2D eigenvalue weighted by molar-refractivity contribution is 1.17. The normalized spacial score (nSPS) is 11.3. The van der Waals surface area contributed by atoms with E-state index >= 15 is 0 Å². The van der Waals surface area contributed by atoms with Gasteiger partial charge in [-0.1, -0.05) is 36.4 Å². The number of aliphatic imine (C=N–C) groups is 1. The average Bonchev–Trinajstić information content (AvgIpc) is 2.81. The molecule has 2 aromatic heterocycles. The van der Waals surface area contributed by atoms with E-state index in [1.165, 1.54) is 0 Å². The molecule has 3 nitrogen and oxygen atoms in total. The lowest BCUT2D eigenvalue weighted by Crippen LogP contribution is -1.83. The van der Waals surface area contributed by atoms with E-state index in [-0.39, 0.29) is 0 Å². The van der Waals surface area contributed by atoms with Gasteiger partial charge >= 0.3 is 0 Å². The molecular formula is C14H11N3. The molecule has 2 heterocycles. The first kappa shape index (κ1) is 9.78. The van der Waals surface area contributed by atoms with E-state index in [1.54, 1.807) is 6.20 Å². The largest absolute Gasteiger partial charge is 0.285 e. The molecule has 1 aromatic carbocycles. The predicted octanol–water partition coefficient (Wildman–Crippen LogP) is 3.08. The molecule has 0 aliphatic heterocycles. The number of rotatable bonds is 2. The summed E-state index contributed by atoms with van der Waals surface area (Å²) >= 11 is 0. The van der Waals surface area contributed by atoms with Gasteiger partial charge in [-0.2, -0.15) is 0 Å². The molecule has 0 unspecified atom stereocenters. The smallest absolute Gasteiger partial charge is 0.156 e. The molecular weight excluding hydrogens is 210 g/mol. The third-order valence-electron chi connectivity index (χ3n) is 2.54. The molecule has 17 heavy (non-hydrogen) atoms. The Morgan fingerprint density at radius 3 is 2.71 bits per heavy atom. The van der Waals surface area contributed by atoms with Crippen LogP contribution in [0.2, 0.25) is 0 Å². The first-order valence-electron chi connectivity index (χ1n) is 5.45. The van der Waals surface area contributed by atoms with E-state index in [0.29, 0.717) is 0 Å². The van der Waals surface area contributed by atoms with Crippen molar-refractivity contribution < 1.29 is 0 Å². The van der Waals surface area contributed by atoms with Crippen molar-refractivity contribution in [2.45, 2.75) is 0 Å².